The lowest BCUT2D eigenvalue weighted by molar-refractivity contribution is -0.114. The van der Waals surface area contributed by atoms with Crippen LogP contribution >= 0.6 is 22.6 Å². The summed E-state index contributed by atoms with van der Waals surface area (Å²) in [5.74, 6) is -0.0404. The first-order chi connectivity index (χ1) is 8.63. The first kappa shape index (κ1) is 13.1. The maximum atomic E-state index is 11.0. The SMILES string of the molecule is CC(=O)Nc1cccc(Cc2cccc(I)c2)c1. The molecule has 0 fully saturated rings. The zero-order valence-electron chi connectivity index (χ0n) is 10.1. The molecule has 2 rings (SSSR count). The summed E-state index contributed by atoms with van der Waals surface area (Å²) in [6.45, 7) is 1.52. The number of rotatable bonds is 3. The summed E-state index contributed by atoms with van der Waals surface area (Å²) in [6, 6.07) is 16.4. The number of carbonyl (C=O) groups excluding carboxylic acids is 1. The number of hydrogen-bond acceptors (Lipinski definition) is 1. The van der Waals surface area contributed by atoms with Crippen LogP contribution in [-0.4, -0.2) is 5.91 Å². The van der Waals surface area contributed by atoms with Crippen LogP contribution in [0.2, 0.25) is 0 Å². The molecule has 0 unspecified atom stereocenters. The van der Waals surface area contributed by atoms with Crippen molar-refractivity contribution < 1.29 is 4.79 Å². The van der Waals surface area contributed by atoms with Crippen molar-refractivity contribution in [2.24, 2.45) is 0 Å². The largest absolute Gasteiger partial charge is 0.326 e. The Morgan fingerprint density at radius 3 is 2.44 bits per heavy atom. The van der Waals surface area contributed by atoms with Gasteiger partial charge in [-0.3, -0.25) is 4.79 Å². The molecule has 92 valence electrons. The molecule has 2 aromatic carbocycles. The zero-order chi connectivity index (χ0) is 13.0. The fourth-order valence-electron chi connectivity index (χ4n) is 1.84. The second-order valence-electron chi connectivity index (χ2n) is 4.19. The first-order valence-electron chi connectivity index (χ1n) is 5.74. The highest BCUT2D eigenvalue weighted by Gasteiger charge is 2.00. The van der Waals surface area contributed by atoms with Gasteiger partial charge in [0, 0.05) is 16.2 Å². The molecular weight excluding hydrogens is 337 g/mol. The van der Waals surface area contributed by atoms with E-state index in [2.05, 4.69) is 58.2 Å². The van der Waals surface area contributed by atoms with Gasteiger partial charge in [-0.2, -0.15) is 0 Å². The molecule has 0 saturated heterocycles. The van der Waals surface area contributed by atoms with Crippen molar-refractivity contribution in [3.63, 3.8) is 0 Å². The Morgan fingerprint density at radius 2 is 1.78 bits per heavy atom. The molecule has 0 heterocycles. The van der Waals surface area contributed by atoms with Crippen molar-refractivity contribution in [2.75, 3.05) is 5.32 Å². The average molecular weight is 351 g/mol. The van der Waals surface area contributed by atoms with Gasteiger partial charge in [0.2, 0.25) is 5.91 Å². The van der Waals surface area contributed by atoms with E-state index in [1.54, 1.807) is 0 Å². The first-order valence-corrected chi connectivity index (χ1v) is 6.82. The number of hydrogen-bond donors (Lipinski definition) is 1. The molecule has 0 saturated carbocycles. The van der Waals surface area contributed by atoms with E-state index in [0.717, 1.165) is 12.1 Å². The van der Waals surface area contributed by atoms with Crippen molar-refractivity contribution >= 4 is 34.2 Å². The number of amides is 1. The summed E-state index contributed by atoms with van der Waals surface area (Å²) in [6.07, 6.45) is 0.879. The average Bonchev–Trinajstić information content (AvgIpc) is 2.28. The minimum Gasteiger partial charge on any atom is -0.326 e. The molecule has 0 atom stereocenters. The van der Waals surface area contributed by atoms with E-state index in [4.69, 9.17) is 0 Å². The molecule has 0 aliphatic rings. The van der Waals surface area contributed by atoms with Gasteiger partial charge >= 0.3 is 0 Å². The van der Waals surface area contributed by atoms with Crippen LogP contribution in [0.4, 0.5) is 5.69 Å². The van der Waals surface area contributed by atoms with E-state index in [-0.39, 0.29) is 5.91 Å². The van der Waals surface area contributed by atoms with Crippen molar-refractivity contribution in [3.05, 3.63) is 63.2 Å². The molecule has 3 heteroatoms. The third kappa shape index (κ3) is 3.84. The quantitative estimate of drug-likeness (QED) is 0.837. The molecule has 1 N–H and O–H groups in total. The standard InChI is InChI=1S/C15H14INO/c1-11(18)17-15-7-3-5-13(10-15)8-12-4-2-6-14(16)9-12/h2-7,9-10H,8H2,1H3,(H,17,18). The van der Waals surface area contributed by atoms with E-state index in [1.807, 2.05) is 18.2 Å². The molecule has 18 heavy (non-hydrogen) atoms. The molecule has 0 radical (unpaired) electrons. The highest BCUT2D eigenvalue weighted by Crippen LogP contribution is 2.16. The van der Waals surface area contributed by atoms with Crippen LogP contribution in [0.1, 0.15) is 18.1 Å². The van der Waals surface area contributed by atoms with Gasteiger partial charge in [0.05, 0.1) is 0 Å². The molecule has 0 aromatic heterocycles. The molecule has 0 aliphatic carbocycles. The van der Waals surface area contributed by atoms with Crippen molar-refractivity contribution in [3.8, 4) is 0 Å². The summed E-state index contributed by atoms with van der Waals surface area (Å²) >= 11 is 2.31. The molecular formula is C15H14INO. The predicted molar refractivity (Wildman–Crippen MR) is 82.7 cm³/mol. The Morgan fingerprint density at radius 1 is 1.11 bits per heavy atom. The maximum Gasteiger partial charge on any atom is 0.221 e. The molecule has 0 aliphatic heterocycles. The van der Waals surface area contributed by atoms with E-state index >= 15 is 0 Å². The van der Waals surface area contributed by atoms with Crippen LogP contribution in [0.15, 0.2) is 48.5 Å². The van der Waals surface area contributed by atoms with Gasteiger partial charge < -0.3 is 5.32 Å². The lowest BCUT2D eigenvalue weighted by Crippen LogP contribution is -2.05. The third-order valence-electron chi connectivity index (χ3n) is 2.54. The number of halogens is 1. The van der Waals surface area contributed by atoms with Gasteiger partial charge in [-0.15, -0.1) is 0 Å². The van der Waals surface area contributed by atoms with Crippen molar-refractivity contribution in [1.82, 2.24) is 0 Å². The Hall–Kier alpha value is -1.36. The maximum absolute atomic E-state index is 11.0. The smallest absolute Gasteiger partial charge is 0.221 e. The van der Waals surface area contributed by atoms with E-state index in [0.29, 0.717) is 0 Å². The second kappa shape index (κ2) is 6.00. The fourth-order valence-corrected chi connectivity index (χ4v) is 2.45. The van der Waals surface area contributed by atoms with Gasteiger partial charge in [-0.05, 0) is 64.4 Å². The number of anilines is 1. The summed E-state index contributed by atoms with van der Waals surface area (Å²) < 4.78 is 1.24. The highest BCUT2D eigenvalue weighted by molar-refractivity contribution is 14.1. The van der Waals surface area contributed by atoms with E-state index in [9.17, 15) is 4.79 Å². The Bertz CT molecular complexity index is 566. The summed E-state index contributed by atoms with van der Waals surface area (Å²) in [4.78, 5) is 11.0. The molecule has 0 spiro atoms. The normalized spacial score (nSPS) is 10.1. The molecule has 1 amide bonds. The number of benzene rings is 2. The third-order valence-corrected chi connectivity index (χ3v) is 3.22. The van der Waals surface area contributed by atoms with Crippen molar-refractivity contribution in [2.45, 2.75) is 13.3 Å². The van der Waals surface area contributed by atoms with Gasteiger partial charge in [0.1, 0.15) is 0 Å². The summed E-state index contributed by atoms with van der Waals surface area (Å²) in [7, 11) is 0. The lowest BCUT2D eigenvalue weighted by atomic mass is 10.0. The summed E-state index contributed by atoms with van der Waals surface area (Å²) in [5.41, 5.74) is 3.33. The Balaban J connectivity index is 2.16. The van der Waals surface area contributed by atoms with E-state index in [1.165, 1.54) is 21.6 Å². The minimum absolute atomic E-state index is 0.0404. The van der Waals surface area contributed by atoms with Gasteiger partial charge in [0.15, 0.2) is 0 Å². The van der Waals surface area contributed by atoms with Gasteiger partial charge in [0.25, 0.3) is 0 Å². The minimum atomic E-state index is -0.0404. The number of nitrogens with one attached hydrogen (secondary N) is 1. The van der Waals surface area contributed by atoms with Crippen LogP contribution < -0.4 is 5.32 Å². The monoisotopic (exact) mass is 351 g/mol. The van der Waals surface area contributed by atoms with Crippen LogP contribution in [0.3, 0.4) is 0 Å². The van der Waals surface area contributed by atoms with Gasteiger partial charge in [-0.1, -0.05) is 24.3 Å². The van der Waals surface area contributed by atoms with Crippen molar-refractivity contribution in [1.29, 1.82) is 0 Å². The van der Waals surface area contributed by atoms with Crippen LogP contribution in [0.25, 0.3) is 0 Å². The molecule has 0 bridgehead atoms. The molecule has 2 nitrogen and oxygen atoms in total. The van der Waals surface area contributed by atoms with Crippen LogP contribution in [0, 0.1) is 3.57 Å². The molecule has 2 aromatic rings. The van der Waals surface area contributed by atoms with E-state index < -0.39 is 0 Å². The second-order valence-corrected chi connectivity index (χ2v) is 5.43. The highest BCUT2D eigenvalue weighted by atomic mass is 127. The topological polar surface area (TPSA) is 29.1 Å². The number of carbonyl (C=O) groups is 1. The fraction of sp³-hybridized carbons (Fsp3) is 0.133. The summed E-state index contributed by atoms with van der Waals surface area (Å²) in [5, 5.41) is 2.80. The zero-order valence-corrected chi connectivity index (χ0v) is 12.3. The van der Waals surface area contributed by atoms with Crippen LogP contribution in [-0.2, 0) is 11.2 Å². The Labute approximate surface area is 121 Å². The lowest BCUT2D eigenvalue weighted by Gasteiger charge is -2.06. The predicted octanol–water partition coefficient (Wildman–Crippen LogP) is 3.84. The van der Waals surface area contributed by atoms with Crippen LogP contribution in [0.5, 0.6) is 0 Å². The van der Waals surface area contributed by atoms with Gasteiger partial charge in [-0.25, -0.2) is 0 Å². The Kier molecular flexibility index (Phi) is 4.36.